The minimum absolute atomic E-state index is 0.194. The number of amides is 1. The van der Waals surface area contributed by atoms with Gasteiger partial charge < -0.3 is 10.2 Å². The average Bonchev–Trinajstić information content (AvgIpc) is 3.00. The van der Waals surface area contributed by atoms with Gasteiger partial charge in [-0.25, -0.2) is 0 Å². The molecule has 1 N–H and O–H groups in total. The van der Waals surface area contributed by atoms with E-state index in [1.807, 2.05) is 24.1 Å². The zero-order chi connectivity index (χ0) is 14.7. The molecule has 2 aromatic rings. The molecule has 3 nitrogen and oxygen atoms in total. The molecule has 1 aliphatic rings. The lowest BCUT2D eigenvalue weighted by molar-refractivity contribution is -0.129. The Morgan fingerprint density at radius 2 is 2.05 bits per heavy atom. The molecule has 1 unspecified atom stereocenters. The Labute approximate surface area is 125 Å². The van der Waals surface area contributed by atoms with E-state index in [0.29, 0.717) is 12.5 Å². The van der Waals surface area contributed by atoms with E-state index in [9.17, 15) is 4.79 Å². The van der Waals surface area contributed by atoms with Gasteiger partial charge in [0.15, 0.2) is 0 Å². The fourth-order valence-corrected chi connectivity index (χ4v) is 3.00. The van der Waals surface area contributed by atoms with Gasteiger partial charge in [-0.05, 0) is 35.7 Å². The van der Waals surface area contributed by atoms with E-state index in [4.69, 9.17) is 0 Å². The zero-order valence-corrected chi connectivity index (χ0v) is 12.5. The fourth-order valence-electron chi connectivity index (χ4n) is 3.00. The van der Waals surface area contributed by atoms with Gasteiger partial charge in [-0.2, -0.15) is 0 Å². The summed E-state index contributed by atoms with van der Waals surface area (Å²) in [6.07, 6.45) is 2.87. The van der Waals surface area contributed by atoms with Crippen LogP contribution in [0.3, 0.4) is 0 Å². The Morgan fingerprint density at radius 3 is 2.81 bits per heavy atom. The Balaban J connectivity index is 1.64. The van der Waals surface area contributed by atoms with E-state index in [1.54, 1.807) is 0 Å². The highest BCUT2D eigenvalue weighted by Crippen LogP contribution is 2.16. The van der Waals surface area contributed by atoms with Crippen LogP contribution < -0.4 is 5.32 Å². The maximum atomic E-state index is 12.3. The van der Waals surface area contributed by atoms with Crippen molar-refractivity contribution >= 4 is 16.7 Å². The van der Waals surface area contributed by atoms with E-state index in [-0.39, 0.29) is 5.91 Å². The second-order valence-corrected chi connectivity index (χ2v) is 5.93. The lowest BCUT2D eigenvalue weighted by Crippen LogP contribution is -2.39. The smallest absolute Gasteiger partial charge is 0.226 e. The molecule has 1 aliphatic heterocycles. The number of hydrogen-bond donors (Lipinski definition) is 1. The second kappa shape index (κ2) is 6.27. The molecule has 0 bridgehead atoms. The zero-order valence-electron chi connectivity index (χ0n) is 12.5. The topological polar surface area (TPSA) is 32.3 Å². The van der Waals surface area contributed by atoms with Gasteiger partial charge in [-0.1, -0.05) is 42.5 Å². The minimum Gasteiger partial charge on any atom is -0.344 e. The Kier molecular flexibility index (Phi) is 4.20. The largest absolute Gasteiger partial charge is 0.344 e. The molecule has 1 amide bonds. The van der Waals surface area contributed by atoms with Gasteiger partial charge in [-0.3, -0.25) is 4.79 Å². The van der Waals surface area contributed by atoms with Crippen molar-refractivity contribution in [2.75, 3.05) is 20.1 Å². The molecule has 3 rings (SSSR count). The lowest BCUT2D eigenvalue weighted by atomic mass is 10.0. The number of carbonyl (C=O) groups excluding carboxylic acids is 1. The number of likely N-dealkylation sites (N-methyl/N-ethyl adjacent to an activating group) is 1. The number of benzene rings is 2. The summed E-state index contributed by atoms with van der Waals surface area (Å²) in [4.78, 5) is 14.2. The molecule has 1 heterocycles. The van der Waals surface area contributed by atoms with Crippen LogP contribution in [-0.4, -0.2) is 37.0 Å². The summed E-state index contributed by atoms with van der Waals surface area (Å²) in [6, 6.07) is 15.0. The SMILES string of the molecule is CN(CC1CCCN1)C(=O)Cc1ccc2ccccc2c1. The Hall–Kier alpha value is -1.87. The molecule has 110 valence electrons. The van der Waals surface area contributed by atoms with Crippen LogP contribution in [0.15, 0.2) is 42.5 Å². The standard InChI is InChI=1S/C18H22N2O/c1-20(13-17-7-4-10-19-17)18(21)12-14-8-9-15-5-2-3-6-16(15)11-14/h2-3,5-6,8-9,11,17,19H,4,7,10,12-13H2,1H3. The lowest BCUT2D eigenvalue weighted by Gasteiger charge is -2.21. The van der Waals surface area contributed by atoms with E-state index in [0.717, 1.165) is 18.7 Å². The third-order valence-electron chi connectivity index (χ3n) is 4.25. The molecule has 1 saturated heterocycles. The van der Waals surface area contributed by atoms with Crippen molar-refractivity contribution in [1.29, 1.82) is 0 Å². The summed E-state index contributed by atoms with van der Waals surface area (Å²) in [5.74, 6) is 0.194. The van der Waals surface area contributed by atoms with E-state index in [2.05, 4.69) is 35.6 Å². The molecular formula is C18H22N2O. The molecule has 0 spiro atoms. The first kappa shape index (κ1) is 14.1. The number of nitrogens with zero attached hydrogens (tertiary/aromatic N) is 1. The van der Waals surface area contributed by atoms with Crippen LogP contribution >= 0.6 is 0 Å². The monoisotopic (exact) mass is 282 g/mol. The quantitative estimate of drug-likeness (QED) is 0.935. The normalized spacial score (nSPS) is 18.0. The van der Waals surface area contributed by atoms with Crippen LogP contribution in [-0.2, 0) is 11.2 Å². The third kappa shape index (κ3) is 3.42. The molecule has 0 aliphatic carbocycles. The van der Waals surface area contributed by atoms with Crippen molar-refractivity contribution in [3.05, 3.63) is 48.0 Å². The van der Waals surface area contributed by atoms with Crippen molar-refractivity contribution in [2.24, 2.45) is 0 Å². The molecule has 0 aromatic heterocycles. The van der Waals surface area contributed by atoms with Gasteiger partial charge in [0, 0.05) is 19.6 Å². The van der Waals surface area contributed by atoms with Crippen LogP contribution in [0.4, 0.5) is 0 Å². The van der Waals surface area contributed by atoms with Crippen LogP contribution in [0.25, 0.3) is 10.8 Å². The van der Waals surface area contributed by atoms with Gasteiger partial charge in [-0.15, -0.1) is 0 Å². The fraction of sp³-hybridized carbons (Fsp3) is 0.389. The Morgan fingerprint density at radius 1 is 1.24 bits per heavy atom. The van der Waals surface area contributed by atoms with Crippen molar-refractivity contribution in [1.82, 2.24) is 10.2 Å². The summed E-state index contributed by atoms with van der Waals surface area (Å²) >= 11 is 0. The van der Waals surface area contributed by atoms with E-state index in [1.165, 1.54) is 23.6 Å². The number of nitrogens with one attached hydrogen (secondary N) is 1. The molecule has 21 heavy (non-hydrogen) atoms. The first-order valence-corrected chi connectivity index (χ1v) is 7.67. The van der Waals surface area contributed by atoms with Crippen LogP contribution in [0, 0.1) is 0 Å². The molecule has 1 fully saturated rings. The van der Waals surface area contributed by atoms with Gasteiger partial charge in [0.25, 0.3) is 0 Å². The summed E-state index contributed by atoms with van der Waals surface area (Å²) in [7, 11) is 1.91. The highest BCUT2D eigenvalue weighted by Gasteiger charge is 2.18. The highest BCUT2D eigenvalue weighted by molar-refractivity contribution is 5.85. The summed E-state index contributed by atoms with van der Waals surface area (Å²) in [5.41, 5.74) is 1.09. The Bertz CT molecular complexity index is 632. The van der Waals surface area contributed by atoms with Gasteiger partial charge in [0.05, 0.1) is 6.42 Å². The molecule has 2 aromatic carbocycles. The third-order valence-corrected chi connectivity index (χ3v) is 4.25. The summed E-state index contributed by atoms with van der Waals surface area (Å²) < 4.78 is 0. The minimum atomic E-state index is 0.194. The predicted octanol–water partition coefficient (Wildman–Crippen LogP) is 2.59. The maximum Gasteiger partial charge on any atom is 0.226 e. The summed E-state index contributed by atoms with van der Waals surface area (Å²) in [5, 5.41) is 5.85. The van der Waals surface area contributed by atoms with Crippen LogP contribution in [0.5, 0.6) is 0 Å². The molecule has 1 atom stereocenters. The number of fused-ring (bicyclic) bond motifs is 1. The van der Waals surface area contributed by atoms with Gasteiger partial charge >= 0.3 is 0 Å². The molecule has 0 saturated carbocycles. The highest BCUT2D eigenvalue weighted by atomic mass is 16.2. The van der Waals surface area contributed by atoms with E-state index < -0.39 is 0 Å². The van der Waals surface area contributed by atoms with Gasteiger partial charge in [0.2, 0.25) is 5.91 Å². The van der Waals surface area contributed by atoms with Crippen molar-refractivity contribution < 1.29 is 4.79 Å². The average molecular weight is 282 g/mol. The van der Waals surface area contributed by atoms with Crippen LogP contribution in [0.2, 0.25) is 0 Å². The molecule has 3 heteroatoms. The number of carbonyl (C=O) groups is 1. The number of hydrogen-bond acceptors (Lipinski definition) is 2. The first-order chi connectivity index (χ1) is 10.2. The van der Waals surface area contributed by atoms with Crippen molar-refractivity contribution in [3.8, 4) is 0 Å². The summed E-state index contributed by atoms with van der Waals surface area (Å²) in [6.45, 7) is 1.89. The number of rotatable bonds is 4. The predicted molar refractivity (Wildman–Crippen MR) is 86.3 cm³/mol. The van der Waals surface area contributed by atoms with Crippen LogP contribution in [0.1, 0.15) is 18.4 Å². The van der Waals surface area contributed by atoms with Crippen molar-refractivity contribution in [3.63, 3.8) is 0 Å². The molecule has 0 radical (unpaired) electrons. The second-order valence-electron chi connectivity index (χ2n) is 5.93. The first-order valence-electron chi connectivity index (χ1n) is 7.67. The van der Waals surface area contributed by atoms with Crippen molar-refractivity contribution in [2.45, 2.75) is 25.3 Å². The van der Waals surface area contributed by atoms with Gasteiger partial charge in [0.1, 0.15) is 0 Å². The van der Waals surface area contributed by atoms with E-state index >= 15 is 0 Å². The molecular weight excluding hydrogens is 260 g/mol. The maximum absolute atomic E-state index is 12.3.